The molecule has 0 N–H and O–H groups in total. The van der Waals surface area contributed by atoms with E-state index in [1.54, 1.807) is 30.1 Å². The van der Waals surface area contributed by atoms with Crippen LogP contribution in [0.2, 0.25) is 5.02 Å². The predicted octanol–water partition coefficient (Wildman–Crippen LogP) is 5.44. The Morgan fingerprint density at radius 2 is 2.16 bits per heavy atom. The van der Waals surface area contributed by atoms with Crippen molar-refractivity contribution < 1.29 is 18.7 Å². The molecule has 1 aliphatic carbocycles. The second-order valence-corrected chi connectivity index (χ2v) is 9.13. The summed E-state index contributed by atoms with van der Waals surface area (Å²) in [6.07, 6.45) is 4.04. The molecule has 0 saturated heterocycles. The van der Waals surface area contributed by atoms with E-state index in [2.05, 4.69) is 20.9 Å². The van der Waals surface area contributed by atoms with Gasteiger partial charge in [0.25, 0.3) is 0 Å². The van der Waals surface area contributed by atoms with Gasteiger partial charge in [0.05, 0.1) is 25.1 Å². The number of benzene rings is 2. The van der Waals surface area contributed by atoms with Gasteiger partial charge in [-0.15, -0.1) is 0 Å². The summed E-state index contributed by atoms with van der Waals surface area (Å²) < 4.78 is 29.1. The van der Waals surface area contributed by atoms with Gasteiger partial charge in [0.1, 0.15) is 12.1 Å². The lowest BCUT2D eigenvalue weighted by Crippen LogP contribution is -2.15. The number of carbonyl (C=O) groups excluding carboxylic acids is 1. The molecule has 8 heteroatoms. The van der Waals surface area contributed by atoms with Crippen LogP contribution in [0.5, 0.6) is 0 Å². The van der Waals surface area contributed by atoms with Gasteiger partial charge in [0.2, 0.25) is 0 Å². The van der Waals surface area contributed by atoms with Crippen molar-refractivity contribution in [2.45, 2.75) is 25.8 Å². The number of nitrogens with zero attached hydrogens (tertiary/aromatic N) is 2. The third-order valence-corrected chi connectivity index (χ3v) is 6.29. The number of rotatable bonds is 10. The number of fused-ring (bicyclic) bond motifs is 1. The van der Waals surface area contributed by atoms with Crippen molar-refractivity contribution in [1.29, 1.82) is 0 Å². The molecule has 0 amide bonds. The zero-order valence-electron chi connectivity index (χ0n) is 17.2. The largest absolute Gasteiger partial charge is 0.383 e. The summed E-state index contributed by atoms with van der Waals surface area (Å²) in [5.41, 5.74) is 2.12. The molecule has 0 radical (unpaired) electrons. The van der Waals surface area contributed by atoms with Crippen molar-refractivity contribution in [2.24, 2.45) is 5.92 Å². The van der Waals surface area contributed by atoms with Crippen molar-refractivity contribution in [3.63, 3.8) is 0 Å². The predicted molar refractivity (Wildman–Crippen MR) is 121 cm³/mol. The van der Waals surface area contributed by atoms with Crippen molar-refractivity contribution in [1.82, 2.24) is 9.55 Å². The molecule has 1 fully saturated rings. The number of carbonyl (C=O) groups is 1. The number of aromatic nitrogens is 2. The topological polar surface area (TPSA) is 53.4 Å². The summed E-state index contributed by atoms with van der Waals surface area (Å²) in [5, 5.41) is 0.505. The fraction of sp³-hybridized carbons (Fsp3) is 0.391. The Morgan fingerprint density at radius 3 is 2.87 bits per heavy atom. The maximum Gasteiger partial charge on any atom is 0.188 e. The lowest BCUT2D eigenvalue weighted by Gasteiger charge is -2.14. The van der Waals surface area contributed by atoms with Gasteiger partial charge in [-0.25, -0.2) is 9.37 Å². The molecule has 4 rings (SSSR count). The van der Waals surface area contributed by atoms with E-state index >= 15 is 4.39 Å². The average molecular weight is 510 g/mol. The highest BCUT2D eigenvalue weighted by Crippen LogP contribution is 2.31. The number of ether oxygens (including phenoxy) is 2. The molecule has 164 valence electrons. The molecule has 0 bridgehead atoms. The third kappa shape index (κ3) is 5.17. The summed E-state index contributed by atoms with van der Waals surface area (Å²) in [5.74, 6) is -0.170. The Bertz CT molecular complexity index is 1110. The quantitative estimate of drug-likeness (QED) is 0.342. The first-order chi connectivity index (χ1) is 15.0. The molecule has 0 aliphatic heterocycles. The van der Waals surface area contributed by atoms with E-state index in [4.69, 9.17) is 21.1 Å². The van der Waals surface area contributed by atoms with Crippen LogP contribution in [0.15, 0.2) is 35.1 Å². The number of Topliss-reactive ketones (excluding diaryl/α,β-unsaturated/α-hetero) is 1. The van der Waals surface area contributed by atoms with E-state index in [0.717, 1.165) is 22.9 Å². The molecule has 0 unspecified atom stereocenters. The number of halogens is 3. The molecule has 1 aliphatic rings. The SMILES string of the molecule is COCCn1cnc2cc(C(=O)COCC3CC3)c(Cc3ccc(Br)cc3Cl)c(F)c21. The Hall–Kier alpha value is -1.80. The zero-order chi connectivity index (χ0) is 22.0. The second-order valence-electron chi connectivity index (χ2n) is 7.81. The summed E-state index contributed by atoms with van der Waals surface area (Å²) in [6.45, 7) is 1.37. The second kappa shape index (κ2) is 9.77. The lowest BCUT2D eigenvalue weighted by atomic mass is 9.95. The van der Waals surface area contributed by atoms with Gasteiger partial charge in [-0.2, -0.15) is 0 Å². The van der Waals surface area contributed by atoms with E-state index in [1.165, 1.54) is 0 Å². The Kier molecular flexibility index (Phi) is 7.06. The van der Waals surface area contributed by atoms with E-state index in [-0.39, 0.29) is 24.4 Å². The number of imidazole rings is 1. The van der Waals surface area contributed by atoms with Crippen LogP contribution in [-0.2, 0) is 22.4 Å². The molecule has 31 heavy (non-hydrogen) atoms. The molecule has 5 nitrogen and oxygen atoms in total. The monoisotopic (exact) mass is 508 g/mol. The maximum absolute atomic E-state index is 15.8. The fourth-order valence-corrected chi connectivity index (χ4v) is 4.28. The minimum Gasteiger partial charge on any atom is -0.383 e. The molecule has 3 aromatic rings. The van der Waals surface area contributed by atoms with Gasteiger partial charge in [0, 0.05) is 40.7 Å². The highest BCUT2D eigenvalue weighted by atomic mass is 79.9. The molecule has 1 heterocycles. The average Bonchev–Trinajstić information content (AvgIpc) is 3.47. The summed E-state index contributed by atoms with van der Waals surface area (Å²) in [7, 11) is 1.59. The van der Waals surface area contributed by atoms with Gasteiger partial charge < -0.3 is 14.0 Å². The van der Waals surface area contributed by atoms with E-state index in [9.17, 15) is 4.79 Å². The van der Waals surface area contributed by atoms with Crippen LogP contribution in [0.4, 0.5) is 4.39 Å². The van der Waals surface area contributed by atoms with E-state index in [0.29, 0.717) is 47.3 Å². The lowest BCUT2D eigenvalue weighted by molar-refractivity contribution is 0.0738. The normalized spacial score (nSPS) is 13.8. The maximum atomic E-state index is 15.8. The molecule has 1 aromatic heterocycles. The standard InChI is InChI=1S/C23H23BrClFN2O3/c1-30-7-6-28-13-27-20-10-17(21(29)12-31-11-14-2-3-14)18(22(26)23(20)28)8-15-4-5-16(24)9-19(15)25/h4-5,9-10,13-14H,2-3,6-8,11-12H2,1H3. The van der Waals surface area contributed by atoms with E-state index < -0.39 is 5.82 Å². The van der Waals surface area contributed by atoms with Crippen LogP contribution < -0.4 is 0 Å². The molecule has 0 atom stereocenters. The minimum absolute atomic E-state index is 0.0765. The number of methoxy groups -OCH3 is 1. The minimum atomic E-state index is -0.462. The Morgan fingerprint density at radius 1 is 1.35 bits per heavy atom. The molecular formula is C23H23BrClFN2O3. The van der Waals surface area contributed by atoms with Gasteiger partial charge in [0.15, 0.2) is 11.6 Å². The summed E-state index contributed by atoms with van der Waals surface area (Å²) in [6, 6.07) is 7.10. The van der Waals surface area contributed by atoms with Gasteiger partial charge in [-0.1, -0.05) is 33.6 Å². The van der Waals surface area contributed by atoms with Crippen LogP contribution in [-0.4, -0.2) is 42.3 Å². The van der Waals surface area contributed by atoms with Crippen LogP contribution >= 0.6 is 27.5 Å². The zero-order valence-corrected chi connectivity index (χ0v) is 19.5. The molecule has 0 spiro atoms. The van der Waals surface area contributed by atoms with Crippen LogP contribution in [0.3, 0.4) is 0 Å². The highest BCUT2D eigenvalue weighted by Gasteiger charge is 2.25. The summed E-state index contributed by atoms with van der Waals surface area (Å²) in [4.78, 5) is 17.3. The van der Waals surface area contributed by atoms with Crippen molar-refractivity contribution in [2.75, 3.05) is 26.9 Å². The first kappa shape index (κ1) is 22.4. The fourth-order valence-electron chi connectivity index (χ4n) is 3.54. The highest BCUT2D eigenvalue weighted by molar-refractivity contribution is 9.10. The third-order valence-electron chi connectivity index (χ3n) is 5.45. The van der Waals surface area contributed by atoms with Gasteiger partial charge in [-0.3, -0.25) is 4.79 Å². The summed E-state index contributed by atoms with van der Waals surface area (Å²) >= 11 is 9.78. The van der Waals surface area contributed by atoms with Crippen LogP contribution in [0.1, 0.15) is 34.3 Å². The molecule has 2 aromatic carbocycles. The van der Waals surface area contributed by atoms with Gasteiger partial charge >= 0.3 is 0 Å². The first-order valence-electron chi connectivity index (χ1n) is 10.2. The van der Waals surface area contributed by atoms with Crippen molar-refractivity contribution >= 4 is 44.3 Å². The molecular weight excluding hydrogens is 487 g/mol. The van der Waals surface area contributed by atoms with Crippen molar-refractivity contribution in [3.8, 4) is 0 Å². The smallest absolute Gasteiger partial charge is 0.188 e. The Labute approximate surface area is 193 Å². The van der Waals surface area contributed by atoms with Crippen molar-refractivity contribution in [3.05, 3.63) is 62.6 Å². The van der Waals surface area contributed by atoms with E-state index in [1.807, 2.05) is 12.1 Å². The number of ketones is 1. The van der Waals surface area contributed by atoms with Crippen LogP contribution in [0, 0.1) is 11.7 Å². The van der Waals surface area contributed by atoms with Gasteiger partial charge in [-0.05, 0) is 42.5 Å². The molecule has 1 saturated carbocycles. The first-order valence-corrected chi connectivity index (χ1v) is 11.3. The number of hydrogen-bond donors (Lipinski definition) is 0. The number of hydrogen-bond acceptors (Lipinski definition) is 4. The van der Waals surface area contributed by atoms with Crippen LogP contribution in [0.25, 0.3) is 11.0 Å². The Balaban J connectivity index is 1.73.